The lowest BCUT2D eigenvalue weighted by molar-refractivity contribution is -0.153. The predicted molar refractivity (Wildman–Crippen MR) is 95.3 cm³/mol. The van der Waals surface area contributed by atoms with E-state index in [1.165, 1.54) is 6.07 Å². The van der Waals surface area contributed by atoms with Crippen molar-refractivity contribution >= 4 is 17.5 Å². The Bertz CT molecular complexity index is 641. The molecule has 0 saturated carbocycles. The van der Waals surface area contributed by atoms with Crippen molar-refractivity contribution in [3.63, 3.8) is 0 Å². The summed E-state index contributed by atoms with van der Waals surface area (Å²) in [4.78, 5) is 32.1. The monoisotopic (exact) mass is 364 g/mol. The number of para-hydroxylation sites is 1. The van der Waals surface area contributed by atoms with Crippen LogP contribution in [0.15, 0.2) is 24.3 Å². The maximum atomic E-state index is 13.9. The van der Waals surface area contributed by atoms with E-state index in [2.05, 4.69) is 4.90 Å². The molecule has 8 heteroatoms. The number of aliphatic hydroxyl groups excluding tert-OH is 1. The standard InChI is InChI=1S/C18H25FN4O3/c19-15-3-1-2-4-16(15)21-9-11-23(12-10-21)18(26)17(25)22-7-5-20(6-8-22)13-14-24/h1-4,24H,5-14H2. The Morgan fingerprint density at radius 1 is 0.885 bits per heavy atom. The summed E-state index contributed by atoms with van der Waals surface area (Å²) < 4.78 is 13.9. The molecule has 142 valence electrons. The number of anilines is 1. The summed E-state index contributed by atoms with van der Waals surface area (Å²) in [6, 6.07) is 6.59. The Hall–Kier alpha value is -2.19. The molecule has 2 heterocycles. The zero-order valence-electron chi connectivity index (χ0n) is 14.8. The van der Waals surface area contributed by atoms with Gasteiger partial charge >= 0.3 is 11.8 Å². The second kappa shape index (κ2) is 8.46. The van der Waals surface area contributed by atoms with Crippen molar-refractivity contribution < 1.29 is 19.1 Å². The Balaban J connectivity index is 1.51. The molecule has 26 heavy (non-hydrogen) atoms. The SMILES string of the molecule is O=C(C(=O)N1CCN(c2ccccc2F)CC1)N1CCN(CCO)CC1. The third kappa shape index (κ3) is 4.13. The molecule has 1 aromatic rings. The van der Waals surface area contributed by atoms with Crippen molar-refractivity contribution in [2.75, 3.05) is 70.4 Å². The summed E-state index contributed by atoms with van der Waals surface area (Å²) in [5, 5.41) is 8.96. The Labute approximate surface area is 152 Å². The van der Waals surface area contributed by atoms with Gasteiger partial charge in [0.25, 0.3) is 0 Å². The summed E-state index contributed by atoms with van der Waals surface area (Å²) in [5.41, 5.74) is 0.533. The number of benzene rings is 1. The summed E-state index contributed by atoms with van der Waals surface area (Å²) in [5.74, 6) is -1.22. The zero-order valence-corrected chi connectivity index (χ0v) is 14.8. The van der Waals surface area contributed by atoms with Gasteiger partial charge in [0.05, 0.1) is 12.3 Å². The van der Waals surface area contributed by atoms with Crippen molar-refractivity contribution in [3.05, 3.63) is 30.1 Å². The van der Waals surface area contributed by atoms with Crippen molar-refractivity contribution in [1.29, 1.82) is 0 Å². The van der Waals surface area contributed by atoms with Crippen LogP contribution >= 0.6 is 0 Å². The molecule has 0 aliphatic carbocycles. The van der Waals surface area contributed by atoms with Gasteiger partial charge in [-0.2, -0.15) is 0 Å². The normalized spacial score (nSPS) is 18.9. The molecular weight excluding hydrogens is 339 g/mol. The number of amides is 2. The number of rotatable bonds is 3. The first kappa shape index (κ1) is 18.6. The molecule has 0 bridgehead atoms. The maximum Gasteiger partial charge on any atom is 0.312 e. The lowest BCUT2D eigenvalue weighted by Gasteiger charge is -2.38. The smallest absolute Gasteiger partial charge is 0.312 e. The van der Waals surface area contributed by atoms with Crippen LogP contribution < -0.4 is 4.90 Å². The predicted octanol–water partition coefficient (Wildman–Crippen LogP) is -0.389. The van der Waals surface area contributed by atoms with Crippen molar-refractivity contribution in [1.82, 2.24) is 14.7 Å². The van der Waals surface area contributed by atoms with E-state index in [-0.39, 0.29) is 12.4 Å². The number of hydrogen-bond donors (Lipinski definition) is 1. The van der Waals surface area contributed by atoms with Crippen molar-refractivity contribution in [3.8, 4) is 0 Å². The average Bonchev–Trinajstić information content (AvgIpc) is 2.68. The largest absolute Gasteiger partial charge is 0.395 e. The summed E-state index contributed by atoms with van der Waals surface area (Å²) in [6.07, 6.45) is 0. The van der Waals surface area contributed by atoms with Crippen LogP contribution in [0.4, 0.5) is 10.1 Å². The molecule has 0 radical (unpaired) electrons. The van der Waals surface area contributed by atoms with Gasteiger partial charge in [0.1, 0.15) is 5.82 Å². The van der Waals surface area contributed by atoms with Crippen molar-refractivity contribution in [2.24, 2.45) is 0 Å². The molecule has 1 N–H and O–H groups in total. The highest BCUT2D eigenvalue weighted by Gasteiger charge is 2.31. The van der Waals surface area contributed by atoms with E-state index in [1.807, 2.05) is 4.90 Å². The molecule has 2 fully saturated rings. The fourth-order valence-electron chi connectivity index (χ4n) is 3.45. The molecule has 2 aliphatic rings. The molecule has 3 rings (SSSR count). The fraction of sp³-hybridized carbons (Fsp3) is 0.556. The Morgan fingerprint density at radius 3 is 1.96 bits per heavy atom. The summed E-state index contributed by atoms with van der Waals surface area (Å²) >= 11 is 0. The van der Waals surface area contributed by atoms with Crippen LogP contribution in [0.5, 0.6) is 0 Å². The van der Waals surface area contributed by atoms with E-state index in [0.29, 0.717) is 64.6 Å². The third-order valence-electron chi connectivity index (χ3n) is 5.02. The van der Waals surface area contributed by atoms with Crippen molar-refractivity contribution in [2.45, 2.75) is 0 Å². The van der Waals surface area contributed by atoms with Gasteiger partial charge in [0.15, 0.2) is 0 Å². The second-order valence-corrected chi connectivity index (χ2v) is 6.59. The molecule has 2 saturated heterocycles. The highest BCUT2D eigenvalue weighted by atomic mass is 19.1. The number of halogens is 1. The molecule has 2 aliphatic heterocycles. The van der Waals surface area contributed by atoms with Crippen LogP contribution in [0, 0.1) is 5.82 Å². The van der Waals surface area contributed by atoms with E-state index in [1.54, 1.807) is 28.0 Å². The molecule has 1 aromatic carbocycles. The zero-order chi connectivity index (χ0) is 18.5. The quantitative estimate of drug-likeness (QED) is 0.740. The van der Waals surface area contributed by atoms with E-state index >= 15 is 0 Å². The lowest BCUT2D eigenvalue weighted by atomic mass is 10.2. The Kier molecular flexibility index (Phi) is 6.05. The molecule has 0 atom stereocenters. The fourth-order valence-corrected chi connectivity index (χ4v) is 3.45. The first-order valence-corrected chi connectivity index (χ1v) is 9.01. The third-order valence-corrected chi connectivity index (χ3v) is 5.02. The molecule has 2 amide bonds. The van der Waals surface area contributed by atoms with E-state index < -0.39 is 11.8 Å². The van der Waals surface area contributed by atoms with Gasteiger partial charge in [-0.1, -0.05) is 12.1 Å². The van der Waals surface area contributed by atoms with Crippen LogP contribution in [0.3, 0.4) is 0 Å². The summed E-state index contributed by atoms with van der Waals surface area (Å²) in [6.45, 7) is 4.84. The molecule has 0 aromatic heterocycles. The van der Waals surface area contributed by atoms with Crippen LogP contribution in [0.1, 0.15) is 0 Å². The number of carbonyl (C=O) groups is 2. The van der Waals surface area contributed by atoms with Gasteiger partial charge in [-0.15, -0.1) is 0 Å². The van der Waals surface area contributed by atoms with E-state index in [0.717, 1.165) is 0 Å². The number of carbonyl (C=O) groups excluding carboxylic acids is 2. The minimum Gasteiger partial charge on any atom is -0.395 e. The minimum absolute atomic E-state index is 0.0964. The van der Waals surface area contributed by atoms with E-state index in [9.17, 15) is 14.0 Å². The lowest BCUT2D eigenvalue weighted by Crippen LogP contribution is -2.56. The van der Waals surface area contributed by atoms with Gasteiger partial charge < -0.3 is 19.8 Å². The number of nitrogens with zero attached hydrogens (tertiary/aromatic N) is 4. The minimum atomic E-state index is -0.478. The molecule has 0 spiro atoms. The number of aliphatic hydroxyl groups is 1. The highest BCUT2D eigenvalue weighted by molar-refractivity contribution is 6.35. The van der Waals surface area contributed by atoms with Gasteiger partial charge in [0, 0.05) is 58.9 Å². The van der Waals surface area contributed by atoms with Gasteiger partial charge in [-0.05, 0) is 12.1 Å². The number of β-amino-alcohol motifs (C(OH)–C–C–N with tert-alkyl or cyclic N) is 1. The topological polar surface area (TPSA) is 67.3 Å². The molecule has 7 nitrogen and oxygen atoms in total. The maximum absolute atomic E-state index is 13.9. The first-order chi connectivity index (χ1) is 12.6. The molecular formula is C18H25FN4O3. The van der Waals surface area contributed by atoms with Gasteiger partial charge in [0.2, 0.25) is 0 Å². The van der Waals surface area contributed by atoms with Crippen LogP contribution in [0.2, 0.25) is 0 Å². The van der Waals surface area contributed by atoms with Crippen LogP contribution in [-0.4, -0.2) is 97.1 Å². The molecule has 0 unspecified atom stereocenters. The summed E-state index contributed by atoms with van der Waals surface area (Å²) in [7, 11) is 0. The highest BCUT2D eigenvalue weighted by Crippen LogP contribution is 2.20. The van der Waals surface area contributed by atoms with Gasteiger partial charge in [-0.3, -0.25) is 14.5 Å². The van der Waals surface area contributed by atoms with Crippen LogP contribution in [-0.2, 0) is 9.59 Å². The van der Waals surface area contributed by atoms with Crippen LogP contribution in [0.25, 0.3) is 0 Å². The number of hydrogen-bond acceptors (Lipinski definition) is 5. The number of piperazine rings is 2. The average molecular weight is 364 g/mol. The Morgan fingerprint density at radius 2 is 1.42 bits per heavy atom. The van der Waals surface area contributed by atoms with Gasteiger partial charge in [-0.25, -0.2) is 4.39 Å². The second-order valence-electron chi connectivity index (χ2n) is 6.59. The van der Waals surface area contributed by atoms with E-state index in [4.69, 9.17) is 5.11 Å². The first-order valence-electron chi connectivity index (χ1n) is 9.01.